The van der Waals surface area contributed by atoms with E-state index in [4.69, 9.17) is 9.47 Å². The Bertz CT molecular complexity index is 1130. The lowest BCUT2D eigenvalue weighted by Crippen LogP contribution is -2.30. The molecule has 0 bridgehead atoms. The number of nitrogens with one attached hydrogen (secondary N) is 1. The van der Waals surface area contributed by atoms with Gasteiger partial charge in [0.1, 0.15) is 23.7 Å². The number of Topliss-reactive ketones (excluding diaryl/α,β-unsaturated/α-hetero) is 1. The first-order chi connectivity index (χ1) is 15.3. The number of hydrogen-bond acceptors (Lipinski definition) is 5. The second kappa shape index (κ2) is 10.3. The number of esters is 1. The minimum atomic E-state index is -1.09. The highest BCUT2D eigenvalue weighted by Gasteiger charge is 2.21. The average Bonchev–Trinajstić information content (AvgIpc) is 2.79. The molecule has 0 radical (unpaired) electrons. The molecule has 3 rings (SSSR count). The van der Waals surface area contributed by atoms with E-state index in [9.17, 15) is 18.8 Å². The molecule has 6 nitrogen and oxygen atoms in total. The summed E-state index contributed by atoms with van der Waals surface area (Å²) in [4.78, 5) is 36.6. The van der Waals surface area contributed by atoms with Gasteiger partial charge in [0.05, 0.1) is 0 Å². The Balaban J connectivity index is 1.63. The van der Waals surface area contributed by atoms with Gasteiger partial charge in [-0.05, 0) is 55.8 Å². The van der Waals surface area contributed by atoms with Crippen molar-refractivity contribution in [3.8, 4) is 5.75 Å². The molecule has 0 saturated carbocycles. The van der Waals surface area contributed by atoms with E-state index in [1.807, 2.05) is 0 Å². The van der Waals surface area contributed by atoms with Crippen molar-refractivity contribution in [3.05, 3.63) is 95.3 Å². The molecule has 0 spiro atoms. The molecule has 1 unspecified atom stereocenters. The number of anilines is 1. The largest absolute Gasteiger partial charge is 0.488 e. The molecule has 0 aromatic heterocycles. The van der Waals surface area contributed by atoms with Crippen LogP contribution in [0.15, 0.2) is 72.8 Å². The van der Waals surface area contributed by atoms with Crippen molar-refractivity contribution in [1.29, 1.82) is 0 Å². The maximum absolute atomic E-state index is 13.0. The van der Waals surface area contributed by atoms with Crippen LogP contribution in [-0.2, 0) is 16.1 Å². The van der Waals surface area contributed by atoms with Gasteiger partial charge in [-0.25, -0.2) is 9.18 Å². The Morgan fingerprint density at radius 1 is 0.969 bits per heavy atom. The number of carbonyl (C=O) groups is 3. The van der Waals surface area contributed by atoms with Gasteiger partial charge >= 0.3 is 5.97 Å². The minimum Gasteiger partial charge on any atom is -0.488 e. The number of hydrogen-bond donors (Lipinski definition) is 1. The zero-order valence-corrected chi connectivity index (χ0v) is 17.6. The van der Waals surface area contributed by atoms with E-state index >= 15 is 0 Å². The van der Waals surface area contributed by atoms with Crippen molar-refractivity contribution in [3.63, 3.8) is 0 Å². The number of amides is 1. The lowest BCUT2D eigenvalue weighted by molar-refractivity contribution is -0.123. The van der Waals surface area contributed by atoms with Gasteiger partial charge in [-0.2, -0.15) is 0 Å². The normalized spacial score (nSPS) is 11.3. The first-order valence-electron chi connectivity index (χ1n) is 9.92. The molecule has 3 aromatic rings. The third kappa shape index (κ3) is 6.01. The summed E-state index contributed by atoms with van der Waals surface area (Å²) in [6.07, 6.45) is -1.09. The predicted octanol–water partition coefficient (Wildman–Crippen LogP) is 4.79. The van der Waals surface area contributed by atoms with Crippen molar-refractivity contribution < 1.29 is 28.2 Å². The summed E-state index contributed by atoms with van der Waals surface area (Å²) in [6, 6.07) is 18.8. The van der Waals surface area contributed by atoms with Gasteiger partial charge in [0, 0.05) is 11.3 Å². The van der Waals surface area contributed by atoms with Crippen molar-refractivity contribution in [2.24, 2.45) is 0 Å². The van der Waals surface area contributed by atoms with Crippen LogP contribution in [0, 0.1) is 5.82 Å². The summed E-state index contributed by atoms with van der Waals surface area (Å²) < 4.78 is 24.1. The van der Waals surface area contributed by atoms with Crippen LogP contribution in [0.1, 0.15) is 40.1 Å². The fourth-order valence-electron chi connectivity index (χ4n) is 2.84. The van der Waals surface area contributed by atoms with Crippen LogP contribution in [0.25, 0.3) is 0 Å². The number of rotatable bonds is 8. The third-order valence-corrected chi connectivity index (χ3v) is 4.60. The first-order valence-corrected chi connectivity index (χ1v) is 9.92. The molecule has 0 saturated heterocycles. The van der Waals surface area contributed by atoms with E-state index in [-0.39, 0.29) is 29.5 Å². The van der Waals surface area contributed by atoms with Gasteiger partial charge in [0.25, 0.3) is 5.91 Å². The number of ketones is 1. The lowest BCUT2D eigenvalue weighted by Gasteiger charge is -2.16. The lowest BCUT2D eigenvalue weighted by atomic mass is 10.1. The highest BCUT2D eigenvalue weighted by molar-refractivity contribution is 6.00. The van der Waals surface area contributed by atoms with E-state index in [0.717, 1.165) is 5.56 Å². The summed E-state index contributed by atoms with van der Waals surface area (Å²) >= 11 is 0. The highest BCUT2D eigenvalue weighted by atomic mass is 19.1. The summed E-state index contributed by atoms with van der Waals surface area (Å²) in [6.45, 7) is 3.01. The van der Waals surface area contributed by atoms with E-state index in [1.54, 1.807) is 54.6 Å². The number of benzene rings is 3. The summed E-state index contributed by atoms with van der Waals surface area (Å²) in [5, 5.41) is 2.63. The Kier molecular flexibility index (Phi) is 7.33. The van der Waals surface area contributed by atoms with E-state index in [2.05, 4.69) is 5.32 Å². The van der Waals surface area contributed by atoms with Gasteiger partial charge in [0.15, 0.2) is 11.9 Å². The van der Waals surface area contributed by atoms with Crippen LogP contribution in [0.2, 0.25) is 0 Å². The Morgan fingerprint density at radius 2 is 1.69 bits per heavy atom. The van der Waals surface area contributed by atoms with Crippen molar-refractivity contribution in [2.75, 3.05) is 5.32 Å². The maximum atomic E-state index is 13.0. The Labute approximate surface area is 185 Å². The number of ether oxygens (including phenoxy) is 2. The molecule has 0 fully saturated rings. The standard InChI is InChI=1S/C25H22FNO5/c1-16(28)19-6-5-7-21(14-19)27-24(29)17(2)32-25(30)22-8-3-4-9-23(22)31-15-18-10-12-20(26)13-11-18/h3-14,17H,15H2,1-2H3,(H,27,29). The van der Waals surface area contributed by atoms with Crippen LogP contribution in [0.5, 0.6) is 5.75 Å². The van der Waals surface area contributed by atoms with Crippen LogP contribution in [0.3, 0.4) is 0 Å². The quantitative estimate of drug-likeness (QED) is 0.406. The third-order valence-electron chi connectivity index (χ3n) is 4.60. The molecular weight excluding hydrogens is 413 g/mol. The minimum absolute atomic E-state index is 0.127. The van der Waals surface area contributed by atoms with E-state index < -0.39 is 18.0 Å². The Hall–Kier alpha value is -4.00. The van der Waals surface area contributed by atoms with E-state index in [1.165, 1.54) is 32.0 Å². The topological polar surface area (TPSA) is 81.7 Å². The molecule has 1 N–H and O–H groups in total. The smallest absolute Gasteiger partial charge is 0.342 e. The SMILES string of the molecule is CC(=O)c1cccc(NC(=O)C(C)OC(=O)c2ccccc2OCc2ccc(F)cc2)c1. The fourth-order valence-corrected chi connectivity index (χ4v) is 2.84. The summed E-state index contributed by atoms with van der Waals surface area (Å²) in [7, 11) is 0. The molecule has 7 heteroatoms. The number of para-hydroxylation sites is 1. The summed E-state index contributed by atoms with van der Waals surface area (Å²) in [5.41, 5.74) is 1.77. The zero-order chi connectivity index (χ0) is 23.1. The second-order valence-corrected chi connectivity index (χ2v) is 7.09. The molecule has 164 valence electrons. The van der Waals surface area contributed by atoms with E-state index in [0.29, 0.717) is 11.3 Å². The van der Waals surface area contributed by atoms with Crippen molar-refractivity contribution in [1.82, 2.24) is 0 Å². The van der Waals surface area contributed by atoms with Crippen LogP contribution in [-0.4, -0.2) is 23.8 Å². The van der Waals surface area contributed by atoms with Crippen LogP contribution < -0.4 is 10.1 Å². The molecule has 0 heterocycles. The summed E-state index contributed by atoms with van der Waals surface area (Å²) in [5.74, 6) is -1.46. The molecular formula is C25H22FNO5. The van der Waals surface area contributed by atoms with Gasteiger partial charge in [0.2, 0.25) is 0 Å². The van der Waals surface area contributed by atoms with Gasteiger partial charge in [-0.15, -0.1) is 0 Å². The molecule has 0 aliphatic heterocycles. The molecule has 3 aromatic carbocycles. The second-order valence-electron chi connectivity index (χ2n) is 7.09. The highest BCUT2D eigenvalue weighted by Crippen LogP contribution is 2.21. The van der Waals surface area contributed by atoms with Gasteiger partial charge in [-0.1, -0.05) is 36.4 Å². The molecule has 1 amide bonds. The Morgan fingerprint density at radius 3 is 2.41 bits per heavy atom. The van der Waals surface area contributed by atoms with Gasteiger partial charge in [-0.3, -0.25) is 9.59 Å². The van der Waals surface area contributed by atoms with Crippen LogP contribution >= 0.6 is 0 Å². The molecule has 1 atom stereocenters. The molecule has 32 heavy (non-hydrogen) atoms. The first kappa shape index (κ1) is 22.7. The fraction of sp³-hybridized carbons (Fsp3) is 0.160. The monoisotopic (exact) mass is 435 g/mol. The predicted molar refractivity (Wildman–Crippen MR) is 117 cm³/mol. The number of carbonyl (C=O) groups excluding carboxylic acids is 3. The van der Waals surface area contributed by atoms with Crippen molar-refractivity contribution >= 4 is 23.3 Å². The van der Waals surface area contributed by atoms with Crippen LogP contribution in [0.4, 0.5) is 10.1 Å². The molecule has 0 aliphatic rings. The number of halogens is 1. The zero-order valence-electron chi connectivity index (χ0n) is 17.6. The van der Waals surface area contributed by atoms with Gasteiger partial charge < -0.3 is 14.8 Å². The molecule has 0 aliphatic carbocycles. The average molecular weight is 435 g/mol. The van der Waals surface area contributed by atoms with Crippen molar-refractivity contribution in [2.45, 2.75) is 26.6 Å². The maximum Gasteiger partial charge on any atom is 0.342 e.